The summed E-state index contributed by atoms with van der Waals surface area (Å²) >= 11 is 0. The highest BCUT2D eigenvalue weighted by Crippen LogP contribution is 2.30. The van der Waals surface area contributed by atoms with Gasteiger partial charge < -0.3 is 4.74 Å². The normalized spacial score (nSPS) is 13.8. The number of fused-ring (bicyclic) bond motifs is 1. The minimum atomic E-state index is -0.473. The molecule has 0 saturated carbocycles. The third kappa shape index (κ3) is 3.42. The van der Waals surface area contributed by atoms with Gasteiger partial charge in [-0.1, -0.05) is 18.2 Å². The number of nitrogens with zero attached hydrogens (tertiary/aromatic N) is 4. The van der Waals surface area contributed by atoms with E-state index in [1.165, 1.54) is 6.07 Å². The molecule has 1 aliphatic rings. The largest absolute Gasteiger partial charge is 0.496 e. The maximum Gasteiger partial charge on any atom is 0.140 e. The van der Waals surface area contributed by atoms with Crippen molar-refractivity contribution in [2.75, 3.05) is 13.7 Å². The lowest BCUT2D eigenvalue weighted by molar-refractivity contribution is 0.205. The van der Waals surface area contributed by atoms with Gasteiger partial charge in [-0.25, -0.2) is 4.39 Å². The minimum absolute atomic E-state index is 0.0908. The van der Waals surface area contributed by atoms with Crippen molar-refractivity contribution in [2.24, 2.45) is 0 Å². The van der Waals surface area contributed by atoms with Crippen molar-refractivity contribution in [1.29, 1.82) is 5.26 Å². The Morgan fingerprint density at radius 1 is 1.19 bits per heavy atom. The molecule has 0 aliphatic carbocycles. The van der Waals surface area contributed by atoms with Crippen molar-refractivity contribution in [2.45, 2.75) is 19.6 Å². The number of para-hydroxylation sites is 1. The van der Waals surface area contributed by atoms with Gasteiger partial charge in [0.2, 0.25) is 0 Å². The Labute approximate surface area is 157 Å². The van der Waals surface area contributed by atoms with Crippen LogP contribution in [0.4, 0.5) is 4.39 Å². The summed E-state index contributed by atoms with van der Waals surface area (Å²) in [5, 5.41) is 13.7. The van der Waals surface area contributed by atoms with Gasteiger partial charge in [-0.05, 0) is 35.9 Å². The van der Waals surface area contributed by atoms with Crippen molar-refractivity contribution in [1.82, 2.24) is 14.7 Å². The molecule has 2 aromatic carbocycles. The van der Waals surface area contributed by atoms with Gasteiger partial charge in [0, 0.05) is 25.2 Å². The summed E-state index contributed by atoms with van der Waals surface area (Å²) in [6.45, 7) is 3.06. The van der Waals surface area contributed by atoms with E-state index in [0.29, 0.717) is 6.54 Å². The van der Waals surface area contributed by atoms with Gasteiger partial charge in [0.1, 0.15) is 17.6 Å². The summed E-state index contributed by atoms with van der Waals surface area (Å²) in [4.78, 5) is 2.28. The van der Waals surface area contributed by atoms with Crippen molar-refractivity contribution in [3.63, 3.8) is 0 Å². The van der Waals surface area contributed by atoms with Crippen molar-refractivity contribution in [3.05, 3.63) is 71.2 Å². The molecule has 0 N–H and O–H groups in total. The number of methoxy groups -OCH3 is 1. The summed E-state index contributed by atoms with van der Waals surface area (Å²) in [6.07, 6.45) is 0. The zero-order valence-electron chi connectivity index (χ0n) is 15.0. The fraction of sp³-hybridized carbons (Fsp3) is 0.238. The van der Waals surface area contributed by atoms with E-state index in [-0.39, 0.29) is 5.56 Å². The number of benzene rings is 2. The number of nitriles is 1. The lowest BCUT2D eigenvalue weighted by Gasteiger charge is -2.27. The quantitative estimate of drug-likeness (QED) is 0.712. The molecular weight excluding hydrogens is 343 g/mol. The highest BCUT2D eigenvalue weighted by atomic mass is 19.1. The fourth-order valence-corrected chi connectivity index (χ4v) is 3.46. The highest BCUT2D eigenvalue weighted by Gasteiger charge is 2.20. The zero-order valence-corrected chi connectivity index (χ0v) is 15.0. The van der Waals surface area contributed by atoms with E-state index in [1.807, 2.05) is 35.0 Å². The van der Waals surface area contributed by atoms with Crippen molar-refractivity contribution < 1.29 is 9.13 Å². The summed E-state index contributed by atoms with van der Waals surface area (Å²) in [6, 6.07) is 16.6. The Kier molecular flexibility index (Phi) is 4.61. The van der Waals surface area contributed by atoms with Crippen LogP contribution in [-0.2, 0) is 19.6 Å². The first-order chi connectivity index (χ1) is 13.2. The van der Waals surface area contributed by atoms with Crippen LogP contribution in [0, 0.1) is 17.1 Å². The van der Waals surface area contributed by atoms with Crippen molar-refractivity contribution in [3.8, 4) is 23.1 Å². The Balaban J connectivity index is 1.54. The summed E-state index contributed by atoms with van der Waals surface area (Å²) in [7, 11) is 1.66. The Bertz CT molecular complexity index is 1020. The lowest BCUT2D eigenvalue weighted by atomic mass is 10.1. The molecule has 3 aromatic rings. The van der Waals surface area contributed by atoms with Crippen LogP contribution in [-0.4, -0.2) is 28.3 Å². The van der Waals surface area contributed by atoms with E-state index in [0.717, 1.165) is 47.9 Å². The molecular formula is C21H19FN4O. The predicted molar refractivity (Wildman–Crippen MR) is 99.4 cm³/mol. The van der Waals surface area contributed by atoms with E-state index in [4.69, 9.17) is 15.1 Å². The third-order valence-electron chi connectivity index (χ3n) is 4.82. The van der Waals surface area contributed by atoms with Crippen LogP contribution in [0.3, 0.4) is 0 Å². The fourth-order valence-electron chi connectivity index (χ4n) is 3.46. The zero-order chi connectivity index (χ0) is 18.8. The molecule has 1 aromatic heterocycles. The molecule has 1 aliphatic heterocycles. The van der Waals surface area contributed by atoms with Gasteiger partial charge in [-0.3, -0.25) is 9.58 Å². The number of hydrogen-bond acceptors (Lipinski definition) is 4. The van der Waals surface area contributed by atoms with E-state index < -0.39 is 5.82 Å². The molecule has 0 bridgehead atoms. The van der Waals surface area contributed by atoms with Gasteiger partial charge >= 0.3 is 0 Å². The molecule has 0 radical (unpaired) electrons. The minimum Gasteiger partial charge on any atom is -0.496 e. The van der Waals surface area contributed by atoms with Crippen molar-refractivity contribution >= 4 is 0 Å². The molecule has 0 saturated heterocycles. The van der Waals surface area contributed by atoms with Gasteiger partial charge in [0.15, 0.2) is 0 Å². The van der Waals surface area contributed by atoms with E-state index in [9.17, 15) is 4.39 Å². The Morgan fingerprint density at radius 2 is 2.04 bits per heavy atom. The predicted octanol–water partition coefficient (Wildman–Crippen LogP) is 3.59. The number of halogens is 1. The second-order valence-electron chi connectivity index (χ2n) is 6.58. The van der Waals surface area contributed by atoms with Gasteiger partial charge in [-0.15, -0.1) is 0 Å². The number of aromatic nitrogens is 2. The first-order valence-corrected chi connectivity index (χ1v) is 8.79. The maximum atomic E-state index is 13.5. The lowest BCUT2D eigenvalue weighted by Crippen LogP contribution is -2.33. The molecule has 6 heteroatoms. The molecule has 0 unspecified atom stereocenters. The number of ether oxygens (including phenoxy) is 1. The van der Waals surface area contributed by atoms with E-state index in [1.54, 1.807) is 19.2 Å². The molecule has 0 amide bonds. The van der Waals surface area contributed by atoms with E-state index in [2.05, 4.69) is 11.0 Å². The van der Waals surface area contributed by atoms with Gasteiger partial charge in [0.05, 0.1) is 30.6 Å². The molecule has 0 fully saturated rings. The van der Waals surface area contributed by atoms with Crippen LogP contribution in [0.1, 0.15) is 16.8 Å². The Morgan fingerprint density at radius 3 is 2.85 bits per heavy atom. The molecule has 0 atom stereocenters. The molecule has 2 heterocycles. The summed E-state index contributed by atoms with van der Waals surface area (Å²) < 4.78 is 21.0. The van der Waals surface area contributed by atoms with Gasteiger partial charge in [-0.2, -0.15) is 10.4 Å². The summed E-state index contributed by atoms with van der Waals surface area (Å²) in [5.41, 5.74) is 4.03. The van der Waals surface area contributed by atoms with E-state index >= 15 is 0 Å². The van der Waals surface area contributed by atoms with Crippen LogP contribution >= 0.6 is 0 Å². The first-order valence-electron chi connectivity index (χ1n) is 8.79. The molecule has 27 heavy (non-hydrogen) atoms. The standard InChI is InChI=1S/C21H19FN4O/c1-27-21-5-3-2-4-18(21)20-11-17-14-25(8-9-26(17)24-20)13-15-6-7-19(22)16(10-15)12-23/h2-7,10-11H,8-9,13-14H2,1H3. The van der Waals surface area contributed by atoms with Crippen LogP contribution in [0.15, 0.2) is 48.5 Å². The Hall–Kier alpha value is -3.17. The van der Waals surface area contributed by atoms with Crippen LogP contribution < -0.4 is 4.74 Å². The third-order valence-corrected chi connectivity index (χ3v) is 4.82. The molecule has 0 spiro atoms. The highest BCUT2D eigenvalue weighted by molar-refractivity contribution is 5.67. The number of hydrogen-bond donors (Lipinski definition) is 0. The second-order valence-corrected chi connectivity index (χ2v) is 6.58. The molecule has 136 valence electrons. The smallest absolute Gasteiger partial charge is 0.140 e. The maximum absolute atomic E-state index is 13.5. The van der Waals surface area contributed by atoms with Crippen LogP contribution in [0.2, 0.25) is 0 Å². The average molecular weight is 362 g/mol. The SMILES string of the molecule is COc1ccccc1-c1cc2n(n1)CCN(Cc1ccc(F)c(C#N)c1)C2. The first kappa shape index (κ1) is 17.3. The molecule has 5 nitrogen and oxygen atoms in total. The van der Waals surface area contributed by atoms with Crippen LogP contribution in [0.25, 0.3) is 11.3 Å². The number of rotatable bonds is 4. The van der Waals surface area contributed by atoms with Crippen LogP contribution in [0.5, 0.6) is 5.75 Å². The average Bonchev–Trinajstić information content (AvgIpc) is 3.12. The van der Waals surface area contributed by atoms with Gasteiger partial charge in [0.25, 0.3) is 0 Å². The monoisotopic (exact) mass is 362 g/mol. The molecule has 4 rings (SSSR count). The topological polar surface area (TPSA) is 54.1 Å². The second kappa shape index (κ2) is 7.22. The summed E-state index contributed by atoms with van der Waals surface area (Å²) in [5.74, 6) is 0.333.